The molecular formula is C20H30N4S. The van der Waals surface area contributed by atoms with Crippen molar-refractivity contribution in [2.45, 2.75) is 51.6 Å². The van der Waals surface area contributed by atoms with E-state index in [1.807, 2.05) is 11.3 Å². The topological polar surface area (TPSA) is 35.2 Å². The van der Waals surface area contributed by atoms with Gasteiger partial charge in [0.2, 0.25) is 0 Å². The van der Waals surface area contributed by atoms with E-state index in [-0.39, 0.29) is 0 Å². The zero-order valence-electron chi connectivity index (χ0n) is 15.1. The minimum atomic E-state index is 0.864. The van der Waals surface area contributed by atoms with Gasteiger partial charge < -0.3 is 4.98 Å². The molecule has 0 spiro atoms. The molecule has 4 rings (SSSR count). The minimum Gasteiger partial charge on any atom is -0.345 e. The van der Waals surface area contributed by atoms with Gasteiger partial charge in [-0.15, -0.1) is 11.3 Å². The molecule has 2 aliphatic rings. The average molecular weight is 359 g/mol. The van der Waals surface area contributed by atoms with E-state index >= 15 is 0 Å². The second kappa shape index (κ2) is 8.47. The fraction of sp³-hybridized carbons (Fsp3) is 0.650. The minimum absolute atomic E-state index is 0.864. The van der Waals surface area contributed by atoms with Crippen molar-refractivity contribution in [3.63, 3.8) is 0 Å². The molecular weight excluding hydrogens is 328 g/mol. The van der Waals surface area contributed by atoms with Crippen molar-refractivity contribution in [3.8, 4) is 0 Å². The van der Waals surface area contributed by atoms with Crippen LogP contribution in [0.5, 0.6) is 0 Å². The van der Waals surface area contributed by atoms with Crippen LogP contribution in [0.2, 0.25) is 0 Å². The van der Waals surface area contributed by atoms with E-state index in [4.69, 9.17) is 0 Å². The van der Waals surface area contributed by atoms with Crippen LogP contribution < -0.4 is 0 Å². The first-order valence-corrected chi connectivity index (χ1v) is 10.7. The van der Waals surface area contributed by atoms with Crippen molar-refractivity contribution < 1.29 is 0 Å². The first-order chi connectivity index (χ1) is 12.3. The number of thiophene rings is 1. The summed E-state index contributed by atoms with van der Waals surface area (Å²) in [5.41, 5.74) is 1.29. The van der Waals surface area contributed by atoms with E-state index in [1.54, 1.807) is 0 Å². The fourth-order valence-electron chi connectivity index (χ4n) is 4.28. The van der Waals surface area contributed by atoms with Gasteiger partial charge in [-0.2, -0.15) is 0 Å². The second-order valence-corrected chi connectivity index (χ2v) is 8.73. The number of aromatic amines is 1. The number of hydrogen-bond donors (Lipinski definition) is 1. The number of hydrogen-bond acceptors (Lipinski definition) is 4. The molecule has 2 fully saturated rings. The van der Waals surface area contributed by atoms with Gasteiger partial charge in [0, 0.05) is 49.4 Å². The lowest BCUT2D eigenvalue weighted by molar-refractivity contribution is 0.247. The molecule has 0 atom stereocenters. The zero-order chi connectivity index (χ0) is 16.9. The standard InChI is InChI=1S/C20H30N4S/c1-2-6-17(5-1)13-20-21-14-18(22-20)15-23-8-4-9-24(11-10-23)16-19-7-3-12-25-19/h3,7,12,14,17H,1-2,4-6,8-11,13,15-16H2,(H,21,22). The van der Waals surface area contributed by atoms with Crippen LogP contribution in [-0.2, 0) is 19.5 Å². The maximum absolute atomic E-state index is 4.64. The summed E-state index contributed by atoms with van der Waals surface area (Å²) in [5, 5.41) is 2.18. The Morgan fingerprint density at radius 3 is 2.60 bits per heavy atom. The predicted octanol–water partition coefficient (Wildman–Crippen LogP) is 3.91. The van der Waals surface area contributed by atoms with E-state index in [2.05, 4.69) is 43.5 Å². The smallest absolute Gasteiger partial charge is 0.106 e. The van der Waals surface area contributed by atoms with Crippen molar-refractivity contribution in [1.82, 2.24) is 19.8 Å². The molecule has 1 saturated heterocycles. The molecule has 5 heteroatoms. The zero-order valence-corrected chi connectivity index (χ0v) is 15.9. The SMILES string of the molecule is c1csc(CN2CCCN(Cc3cnc(CC4CCCC4)[nH]3)CC2)c1. The Morgan fingerprint density at radius 2 is 1.84 bits per heavy atom. The van der Waals surface area contributed by atoms with Gasteiger partial charge in [0.1, 0.15) is 5.82 Å². The Morgan fingerprint density at radius 1 is 1.04 bits per heavy atom. The van der Waals surface area contributed by atoms with Gasteiger partial charge in [0.25, 0.3) is 0 Å². The van der Waals surface area contributed by atoms with Gasteiger partial charge in [-0.25, -0.2) is 4.98 Å². The highest BCUT2D eigenvalue weighted by Gasteiger charge is 2.18. The Balaban J connectivity index is 1.26. The molecule has 1 aliphatic heterocycles. The molecule has 3 heterocycles. The maximum atomic E-state index is 4.64. The number of imidazole rings is 1. The lowest BCUT2D eigenvalue weighted by atomic mass is 10.0. The summed E-state index contributed by atoms with van der Waals surface area (Å²) in [6, 6.07) is 4.41. The van der Waals surface area contributed by atoms with Gasteiger partial charge in [0.15, 0.2) is 0 Å². The summed E-state index contributed by atoms with van der Waals surface area (Å²) < 4.78 is 0. The summed E-state index contributed by atoms with van der Waals surface area (Å²) in [7, 11) is 0. The Labute approximate surface area is 155 Å². The van der Waals surface area contributed by atoms with Crippen molar-refractivity contribution in [2.24, 2.45) is 5.92 Å². The molecule has 0 unspecified atom stereocenters. The third-order valence-corrected chi connectivity index (χ3v) is 6.53. The molecule has 1 aliphatic carbocycles. The van der Waals surface area contributed by atoms with Gasteiger partial charge in [-0.1, -0.05) is 31.7 Å². The van der Waals surface area contributed by atoms with Crippen LogP contribution in [-0.4, -0.2) is 45.9 Å². The molecule has 136 valence electrons. The Kier molecular flexibility index (Phi) is 5.85. The third-order valence-electron chi connectivity index (χ3n) is 5.67. The third kappa shape index (κ3) is 4.93. The summed E-state index contributed by atoms with van der Waals surface area (Å²) >= 11 is 1.87. The summed E-state index contributed by atoms with van der Waals surface area (Å²) in [6.07, 6.45) is 10.1. The van der Waals surface area contributed by atoms with Crippen molar-refractivity contribution in [3.05, 3.63) is 40.1 Å². The normalized spacial score (nSPS) is 21.0. The van der Waals surface area contributed by atoms with Crippen molar-refractivity contribution >= 4 is 11.3 Å². The fourth-order valence-corrected chi connectivity index (χ4v) is 5.03. The Hall–Kier alpha value is -1.17. The monoisotopic (exact) mass is 358 g/mol. The number of aromatic nitrogens is 2. The molecule has 2 aromatic rings. The number of rotatable bonds is 6. The van der Waals surface area contributed by atoms with Crippen LogP contribution in [0.25, 0.3) is 0 Å². The van der Waals surface area contributed by atoms with Crippen LogP contribution in [0.3, 0.4) is 0 Å². The molecule has 0 radical (unpaired) electrons. The first kappa shape index (κ1) is 17.3. The quantitative estimate of drug-likeness (QED) is 0.850. The highest BCUT2D eigenvalue weighted by atomic mass is 32.1. The second-order valence-electron chi connectivity index (χ2n) is 7.69. The van der Waals surface area contributed by atoms with Gasteiger partial charge in [-0.3, -0.25) is 9.80 Å². The average Bonchev–Trinajstić information content (AvgIpc) is 3.34. The Bertz CT molecular complexity index is 630. The molecule has 0 bridgehead atoms. The maximum Gasteiger partial charge on any atom is 0.106 e. The molecule has 1 saturated carbocycles. The van der Waals surface area contributed by atoms with E-state index in [1.165, 1.54) is 68.1 Å². The van der Waals surface area contributed by atoms with Gasteiger partial charge in [-0.05, 0) is 36.9 Å². The van der Waals surface area contributed by atoms with E-state index in [9.17, 15) is 0 Å². The molecule has 2 aromatic heterocycles. The summed E-state index contributed by atoms with van der Waals surface area (Å²) in [5.74, 6) is 2.07. The lowest BCUT2D eigenvalue weighted by Crippen LogP contribution is -2.30. The predicted molar refractivity (Wildman–Crippen MR) is 104 cm³/mol. The summed E-state index contributed by atoms with van der Waals surface area (Å²) in [6.45, 7) is 6.86. The molecule has 0 aromatic carbocycles. The number of nitrogens with zero attached hydrogens (tertiary/aromatic N) is 3. The highest BCUT2D eigenvalue weighted by Crippen LogP contribution is 2.27. The molecule has 25 heavy (non-hydrogen) atoms. The van der Waals surface area contributed by atoms with Crippen LogP contribution in [0.15, 0.2) is 23.7 Å². The largest absolute Gasteiger partial charge is 0.345 e. The van der Waals surface area contributed by atoms with E-state index in [0.717, 1.165) is 32.0 Å². The lowest BCUT2D eigenvalue weighted by Gasteiger charge is -2.20. The van der Waals surface area contributed by atoms with E-state index < -0.39 is 0 Å². The summed E-state index contributed by atoms with van der Waals surface area (Å²) in [4.78, 5) is 14.9. The van der Waals surface area contributed by atoms with Crippen LogP contribution in [0.1, 0.15) is 48.5 Å². The number of nitrogens with one attached hydrogen (secondary N) is 1. The molecule has 4 nitrogen and oxygen atoms in total. The van der Waals surface area contributed by atoms with Crippen molar-refractivity contribution in [2.75, 3.05) is 26.2 Å². The van der Waals surface area contributed by atoms with Gasteiger partial charge >= 0.3 is 0 Å². The van der Waals surface area contributed by atoms with Crippen molar-refractivity contribution in [1.29, 1.82) is 0 Å². The first-order valence-electron chi connectivity index (χ1n) is 9.85. The van der Waals surface area contributed by atoms with Crippen LogP contribution in [0.4, 0.5) is 0 Å². The van der Waals surface area contributed by atoms with E-state index in [0.29, 0.717) is 0 Å². The highest BCUT2D eigenvalue weighted by molar-refractivity contribution is 7.09. The van der Waals surface area contributed by atoms with Crippen LogP contribution >= 0.6 is 11.3 Å². The van der Waals surface area contributed by atoms with Crippen LogP contribution in [0, 0.1) is 5.92 Å². The number of H-pyrrole nitrogens is 1. The van der Waals surface area contributed by atoms with Gasteiger partial charge in [0.05, 0.1) is 0 Å². The molecule has 1 N–H and O–H groups in total. The molecule has 0 amide bonds.